The number of fused-ring (bicyclic) bond motifs is 2. The number of nitrogens with zero attached hydrogens (tertiary/aromatic N) is 4. The lowest BCUT2D eigenvalue weighted by molar-refractivity contribution is 0.0726. The summed E-state index contributed by atoms with van der Waals surface area (Å²) in [5.41, 5.74) is 7.93. The van der Waals surface area contributed by atoms with E-state index < -0.39 is 0 Å². The fraction of sp³-hybridized carbons (Fsp3) is 0.222. The number of piperidine rings is 1. The van der Waals surface area contributed by atoms with Gasteiger partial charge in [-0.15, -0.1) is 0 Å². The first kappa shape index (κ1) is 19.7. The molecule has 1 saturated heterocycles. The fourth-order valence-electron chi connectivity index (χ4n) is 4.87. The SMILES string of the molecule is Cc1ccccc1-c1cnc2[nH]cc(-c3ccn4ncc(C(=O)N5CCCCC5)c4c3)c2c1. The molecule has 1 aromatic carbocycles. The van der Waals surface area contributed by atoms with Crippen molar-refractivity contribution >= 4 is 22.5 Å². The van der Waals surface area contributed by atoms with Crippen molar-refractivity contribution in [3.05, 3.63) is 78.4 Å². The van der Waals surface area contributed by atoms with Crippen molar-refractivity contribution in [3.8, 4) is 22.3 Å². The van der Waals surface area contributed by atoms with Crippen LogP contribution in [0.1, 0.15) is 35.2 Å². The van der Waals surface area contributed by atoms with Crippen molar-refractivity contribution in [2.24, 2.45) is 0 Å². The van der Waals surface area contributed by atoms with E-state index in [1.807, 2.05) is 29.6 Å². The van der Waals surface area contributed by atoms with Crippen LogP contribution in [0.4, 0.5) is 0 Å². The molecule has 0 radical (unpaired) electrons. The second-order valence-corrected chi connectivity index (χ2v) is 8.79. The highest BCUT2D eigenvalue weighted by molar-refractivity contribution is 6.02. The van der Waals surface area contributed by atoms with E-state index in [4.69, 9.17) is 0 Å². The molecule has 0 saturated carbocycles. The largest absolute Gasteiger partial charge is 0.346 e. The Kier molecular flexibility index (Phi) is 4.72. The number of likely N-dealkylation sites (tertiary alicyclic amines) is 1. The first-order valence-corrected chi connectivity index (χ1v) is 11.5. The van der Waals surface area contributed by atoms with Gasteiger partial charge < -0.3 is 9.88 Å². The van der Waals surface area contributed by atoms with Gasteiger partial charge in [0.1, 0.15) is 5.65 Å². The summed E-state index contributed by atoms with van der Waals surface area (Å²) in [6.45, 7) is 3.77. The first-order valence-electron chi connectivity index (χ1n) is 11.5. The number of aryl methyl sites for hydroxylation is 1. The summed E-state index contributed by atoms with van der Waals surface area (Å²) >= 11 is 0. The van der Waals surface area contributed by atoms with E-state index in [1.165, 1.54) is 17.5 Å². The number of benzene rings is 1. The zero-order valence-electron chi connectivity index (χ0n) is 18.6. The molecule has 6 nitrogen and oxygen atoms in total. The highest BCUT2D eigenvalue weighted by atomic mass is 16.2. The number of aromatic amines is 1. The quantitative estimate of drug-likeness (QED) is 0.408. The molecule has 33 heavy (non-hydrogen) atoms. The van der Waals surface area contributed by atoms with Crippen LogP contribution in [0.3, 0.4) is 0 Å². The molecule has 0 bridgehead atoms. The topological polar surface area (TPSA) is 66.3 Å². The van der Waals surface area contributed by atoms with Crippen LogP contribution in [0, 0.1) is 6.92 Å². The zero-order chi connectivity index (χ0) is 22.4. The predicted octanol–water partition coefficient (Wildman–Crippen LogP) is 5.48. The fourth-order valence-corrected chi connectivity index (χ4v) is 4.87. The van der Waals surface area contributed by atoms with E-state index in [0.717, 1.165) is 59.2 Å². The summed E-state index contributed by atoms with van der Waals surface area (Å²) in [6, 6.07) is 14.6. The van der Waals surface area contributed by atoms with Crippen LogP contribution >= 0.6 is 0 Å². The Morgan fingerprint density at radius 3 is 2.67 bits per heavy atom. The minimum atomic E-state index is 0.0734. The number of hydrogen-bond acceptors (Lipinski definition) is 3. The van der Waals surface area contributed by atoms with E-state index in [-0.39, 0.29) is 5.91 Å². The molecule has 1 N–H and O–H groups in total. The lowest BCUT2D eigenvalue weighted by atomic mass is 9.99. The van der Waals surface area contributed by atoms with Crippen molar-refractivity contribution in [3.63, 3.8) is 0 Å². The predicted molar refractivity (Wildman–Crippen MR) is 130 cm³/mol. The molecule has 6 heteroatoms. The number of aromatic nitrogens is 4. The van der Waals surface area contributed by atoms with Crippen molar-refractivity contribution in [1.29, 1.82) is 0 Å². The highest BCUT2D eigenvalue weighted by Gasteiger charge is 2.22. The van der Waals surface area contributed by atoms with Gasteiger partial charge in [0, 0.05) is 48.2 Å². The van der Waals surface area contributed by atoms with Gasteiger partial charge in [0.05, 0.1) is 17.3 Å². The molecule has 5 heterocycles. The van der Waals surface area contributed by atoms with Gasteiger partial charge in [0.2, 0.25) is 0 Å². The molecule has 1 aliphatic heterocycles. The van der Waals surface area contributed by atoms with E-state index in [0.29, 0.717) is 5.56 Å². The van der Waals surface area contributed by atoms with Gasteiger partial charge >= 0.3 is 0 Å². The van der Waals surface area contributed by atoms with E-state index >= 15 is 0 Å². The van der Waals surface area contributed by atoms with Crippen LogP contribution in [-0.4, -0.2) is 43.5 Å². The van der Waals surface area contributed by atoms with Crippen LogP contribution in [0.2, 0.25) is 0 Å². The Balaban J connectivity index is 1.44. The van der Waals surface area contributed by atoms with Crippen LogP contribution in [0.15, 0.2) is 67.3 Å². The summed E-state index contributed by atoms with van der Waals surface area (Å²) in [7, 11) is 0. The normalized spacial score (nSPS) is 14.3. The molecule has 5 aromatic rings. The zero-order valence-corrected chi connectivity index (χ0v) is 18.6. The summed E-state index contributed by atoms with van der Waals surface area (Å²) in [5, 5.41) is 5.49. The van der Waals surface area contributed by atoms with Crippen LogP contribution in [0.25, 0.3) is 38.8 Å². The van der Waals surface area contributed by atoms with Gasteiger partial charge in [-0.25, -0.2) is 9.50 Å². The number of carbonyl (C=O) groups excluding carboxylic acids is 1. The maximum Gasteiger partial charge on any atom is 0.257 e. The molecule has 1 amide bonds. The Hall–Kier alpha value is -3.93. The molecule has 0 aliphatic carbocycles. The molecule has 0 spiro atoms. The van der Waals surface area contributed by atoms with E-state index in [1.54, 1.807) is 10.7 Å². The van der Waals surface area contributed by atoms with Gasteiger partial charge in [0.25, 0.3) is 5.91 Å². The van der Waals surface area contributed by atoms with Crippen molar-refractivity contribution in [2.75, 3.05) is 13.1 Å². The van der Waals surface area contributed by atoms with Crippen LogP contribution in [0.5, 0.6) is 0 Å². The van der Waals surface area contributed by atoms with Crippen LogP contribution < -0.4 is 0 Å². The lowest BCUT2D eigenvalue weighted by Crippen LogP contribution is -2.35. The minimum absolute atomic E-state index is 0.0734. The number of carbonyl (C=O) groups is 1. The Bertz CT molecular complexity index is 1490. The standard InChI is InChI=1S/C27H25N5O/c1-18-7-3-4-8-21(18)20-13-22-23(16-29-26(22)28-15-20)19-9-12-32-25(14-19)24(17-30-32)27(33)31-10-5-2-6-11-31/h3-4,7-9,12-17H,2,5-6,10-11H2,1H3,(H,28,29). The summed E-state index contributed by atoms with van der Waals surface area (Å²) in [5.74, 6) is 0.0734. The Morgan fingerprint density at radius 2 is 1.82 bits per heavy atom. The lowest BCUT2D eigenvalue weighted by Gasteiger charge is -2.26. The number of H-pyrrole nitrogens is 1. The molecule has 0 unspecified atom stereocenters. The van der Waals surface area contributed by atoms with Gasteiger partial charge in [-0.05, 0) is 61.1 Å². The average molecular weight is 436 g/mol. The number of rotatable bonds is 3. The number of pyridine rings is 2. The summed E-state index contributed by atoms with van der Waals surface area (Å²) in [6.07, 6.45) is 10.9. The smallest absolute Gasteiger partial charge is 0.257 e. The first-order chi connectivity index (χ1) is 16.2. The number of nitrogens with one attached hydrogen (secondary N) is 1. The molecule has 164 valence electrons. The van der Waals surface area contributed by atoms with Crippen LogP contribution in [-0.2, 0) is 0 Å². The monoisotopic (exact) mass is 435 g/mol. The second kappa shape index (κ2) is 7.89. The maximum atomic E-state index is 13.2. The summed E-state index contributed by atoms with van der Waals surface area (Å²) in [4.78, 5) is 23.1. The van der Waals surface area contributed by atoms with E-state index in [2.05, 4.69) is 58.4 Å². The average Bonchev–Trinajstić information content (AvgIpc) is 3.48. The molecule has 1 aliphatic rings. The van der Waals surface area contributed by atoms with Crippen molar-refractivity contribution < 1.29 is 4.79 Å². The van der Waals surface area contributed by atoms with Gasteiger partial charge in [0.15, 0.2) is 0 Å². The molecule has 6 rings (SSSR count). The van der Waals surface area contributed by atoms with E-state index in [9.17, 15) is 4.79 Å². The number of hydrogen-bond donors (Lipinski definition) is 1. The third kappa shape index (κ3) is 3.39. The van der Waals surface area contributed by atoms with Gasteiger partial charge in [-0.1, -0.05) is 24.3 Å². The maximum absolute atomic E-state index is 13.2. The minimum Gasteiger partial charge on any atom is -0.346 e. The second-order valence-electron chi connectivity index (χ2n) is 8.79. The molecule has 1 fully saturated rings. The molecule has 4 aromatic heterocycles. The van der Waals surface area contributed by atoms with Crippen molar-refractivity contribution in [2.45, 2.75) is 26.2 Å². The molecule has 0 atom stereocenters. The van der Waals surface area contributed by atoms with Gasteiger partial charge in [-0.2, -0.15) is 5.10 Å². The third-order valence-electron chi connectivity index (χ3n) is 6.69. The molecular formula is C27H25N5O. The molecular weight excluding hydrogens is 410 g/mol. The third-order valence-corrected chi connectivity index (χ3v) is 6.69. The highest BCUT2D eigenvalue weighted by Crippen LogP contribution is 2.33. The Morgan fingerprint density at radius 1 is 0.970 bits per heavy atom. The van der Waals surface area contributed by atoms with Crippen molar-refractivity contribution in [1.82, 2.24) is 24.5 Å². The Labute approximate surface area is 191 Å². The van der Waals surface area contributed by atoms with Gasteiger partial charge in [-0.3, -0.25) is 4.79 Å². The summed E-state index contributed by atoms with van der Waals surface area (Å²) < 4.78 is 1.78. The number of amides is 1.